The first-order valence-corrected chi connectivity index (χ1v) is 10.1. The molecule has 5 nitrogen and oxygen atoms in total. The van der Waals surface area contributed by atoms with Crippen LogP contribution in [0.15, 0.2) is 24.3 Å². The lowest BCUT2D eigenvalue weighted by Crippen LogP contribution is -2.54. The number of aliphatic hydroxyl groups excluding tert-OH is 1. The second-order valence-corrected chi connectivity index (χ2v) is 8.28. The zero-order valence-corrected chi connectivity index (χ0v) is 16.8. The third kappa shape index (κ3) is 4.64. The van der Waals surface area contributed by atoms with Crippen LogP contribution in [-0.2, 0) is 10.3 Å². The van der Waals surface area contributed by atoms with Gasteiger partial charge < -0.3 is 25.2 Å². The molecule has 2 aliphatic heterocycles. The maximum Gasteiger partial charge on any atom is 0.430 e. The van der Waals surface area contributed by atoms with E-state index in [4.69, 9.17) is 4.74 Å². The van der Waals surface area contributed by atoms with Crippen molar-refractivity contribution >= 4 is 5.69 Å². The minimum atomic E-state index is -5.92. The van der Waals surface area contributed by atoms with E-state index in [1.54, 1.807) is 0 Å². The van der Waals surface area contributed by atoms with Crippen LogP contribution in [-0.4, -0.2) is 68.1 Å². The Morgan fingerprint density at radius 2 is 1.61 bits per heavy atom. The first-order chi connectivity index (χ1) is 14.4. The average Bonchev–Trinajstić information content (AvgIpc) is 2.73. The highest BCUT2D eigenvalue weighted by Crippen LogP contribution is 2.50. The standard InChI is InChI=1S/C20H26F6N2O3/c21-19(22,23)18(30,20(24,25)26)14-1-3-15(4-2-14)28-8-7-27-12-16(28)11-17(13-29)5-9-31-10-6-17/h1-4,16,27,29-30H,5-13H2/t16-/m0/s1. The number of halogens is 6. The molecule has 0 radical (unpaired) electrons. The molecular formula is C20H26F6N2O3. The zero-order valence-electron chi connectivity index (χ0n) is 16.8. The van der Waals surface area contributed by atoms with Crippen LogP contribution < -0.4 is 10.2 Å². The summed E-state index contributed by atoms with van der Waals surface area (Å²) in [6.07, 6.45) is -9.87. The Balaban J connectivity index is 1.86. The van der Waals surface area contributed by atoms with Gasteiger partial charge in [-0.15, -0.1) is 0 Å². The third-order valence-corrected chi connectivity index (χ3v) is 6.34. The normalized spacial score (nSPS) is 23.1. The first kappa shape index (κ1) is 24.1. The van der Waals surface area contributed by atoms with Crippen molar-refractivity contribution in [1.82, 2.24) is 5.32 Å². The molecule has 1 atom stereocenters. The summed E-state index contributed by atoms with van der Waals surface area (Å²) in [5.74, 6) is 0. The van der Waals surface area contributed by atoms with Crippen molar-refractivity contribution < 1.29 is 41.3 Å². The molecule has 3 rings (SSSR count). The molecule has 2 heterocycles. The second kappa shape index (κ2) is 8.76. The van der Waals surface area contributed by atoms with E-state index in [1.165, 1.54) is 12.1 Å². The van der Waals surface area contributed by atoms with Gasteiger partial charge in [-0.05, 0) is 36.8 Å². The van der Waals surface area contributed by atoms with E-state index >= 15 is 0 Å². The van der Waals surface area contributed by atoms with Gasteiger partial charge in [0.1, 0.15) is 0 Å². The minimum Gasteiger partial charge on any atom is -0.396 e. The summed E-state index contributed by atoms with van der Waals surface area (Å²) in [5.41, 5.74) is -6.10. The molecule has 0 unspecified atom stereocenters. The van der Waals surface area contributed by atoms with E-state index in [1.807, 2.05) is 4.90 Å². The van der Waals surface area contributed by atoms with Gasteiger partial charge in [-0.3, -0.25) is 0 Å². The van der Waals surface area contributed by atoms with Crippen molar-refractivity contribution in [3.05, 3.63) is 29.8 Å². The Morgan fingerprint density at radius 1 is 1.03 bits per heavy atom. The van der Waals surface area contributed by atoms with Crippen LogP contribution in [0.2, 0.25) is 0 Å². The smallest absolute Gasteiger partial charge is 0.396 e. The van der Waals surface area contributed by atoms with Gasteiger partial charge in [0, 0.05) is 56.7 Å². The fourth-order valence-electron chi connectivity index (χ4n) is 4.40. The number of alkyl halides is 6. The number of rotatable bonds is 5. The molecule has 2 saturated heterocycles. The molecular weight excluding hydrogens is 430 g/mol. The highest BCUT2D eigenvalue weighted by Gasteiger charge is 2.71. The largest absolute Gasteiger partial charge is 0.430 e. The van der Waals surface area contributed by atoms with Gasteiger partial charge in [-0.2, -0.15) is 26.3 Å². The summed E-state index contributed by atoms with van der Waals surface area (Å²) in [4.78, 5) is 1.92. The number of nitrogens with one attached hydrogen (secondary N) is 1. The highest BCUT2D eigenvalue weighted by molar-refractivity contribution is 5.50. The average molecular weight is 456 g/mol. The molecule has 0 aromatic heterocycles. The van der Waals surface area contributed by atoms with Crippen LogP contribution in [0.25, 0.3) is 0 Å². The molecule has 1 aromatic rings. The lowest BCUT2D eigenvalue weighted by Gasteiger charge is -2.45. The fraction of sp³-hybridized carbons (Fsp3) is 0.700. The monoisotopic (exact) mass is 456 g/mol. The van der Waals surface area contributed by atoms with Crippen LogP contribution in [0.4, 0.5) is 32.0 Å². The number of nitrogens with zero attached hydrogens (tertiary/aromatic N) is 1. The van der Waals surface area contributed by atoms with Crippen LogP contribution in [0, 0.1) is 5.41 Å². The Morgan fingerprint density at radius 3 is 2.13 bits per heavy atom. The van der Waals surface area contributed by atoms with Crippen molar-refractivity contribution in [3.63, 3.8) is 0 Å². The third-order valence-electron chi connectivity index (χ3n) is 6.34. The van der Waals surface area contributed by atoms with Gasteiger partial charge in [0.2, 0.25) is 0 Å². The number of anilines is 1. The molecule has 31 heavy (non-hydrogen) atoms. The van der Waals surface area contributed by atoms with Crippen molar-refractivity contribution in [2.24, 2.45) is 5.41 Å². The topological polar surface area (TPSA) is 65.0 Å². The van der Waals surface area contributed by atoms with Crippen molar-refractivity contribution in [2.75, 3.05) is 44.4 Å². The molecule has 0 saturated carbocycles. The Kier molecular flexibility index (Phi) is 6.81. The molecule has 1 aromatic carbocycles. The maximum atomic E-state index is 13.1. The van der Waals surface area contributed by atoms with E-state index in [-0.39, 0.29) is 18.1 Å². The molecule has 11 heteroatoms. The predicted molar refractivity (Wildman–Crippen MR) is 101 cm³/mol. The number of piperazine rings is 1. The van der Waals surface area contributed by atoms with E-state index in [9.17, 15) is 36.6 Å². The SMILES string of the molecule is OCC1(C[C@H]2CNCCN2c2ccc(C(O)(C(F)(F)F)C(F)(F)F)cc2)CCOCC1. The van der Waals surface area contributed by atoms with Gasteiger partial charge in [0.15, 0.2) is 0 Å². The quantitative estimate of drug-likeness (QED) is 0.595. The summed E-state index contributed by atoms with van der Waals surface area (Å²) in [6, 6.07) is 3.59. The Bertz CT molecular complexity index is 718. The summed E-state index contributed by atoms with van der Waals surface area (Å²) in [6.45, 7) is 2.71. The van der Waals surface area contributed by atoms with E-state index < -0.39 is 23.5 Å². The van der Waals surface area contributed by atoms with E-state index in [0.29, 0.717) is 69.9 Å². The van der Waals surface area contributed by atoms with Gasteiger partial charge >= 0.3 is 12.4 Å². The lowest BCUT2D eigenvalue weighted by molar-refractivity contribution is -0.376. The van der Waals surface area contributed by atoms with Crippen molar-refractivity contribution in [3.8, 4) is 0 Å². The molecule has 0 aliphatic carbocycles. The van der Waals surface area contributed by atoms with Gasteiger partial charge in [-0.25, -0.2) is 0 Å². The molecule has 0 amide bonds. The number of ether oxygens (including phenoxy) is 1. The van der Waals surface area contributed by atoms with Crippen LogP contribution in [0.3, 0.4) is 0 Å². The Hall–Kier alpha value is -1.56. The van der Waals surface area contributed by atoms with Crippen molar-refractivity contribution in [2.45, 2.75) is 43.3 Å². The Labute approximate surface area is 176 Å². The number of benzene rings is 1. The highest BCUT2D eigenvalue weighted by atomic mass is 19.4. The molecule has 3 N–H and O–H groups in total. The maximum absolute atomic E-state index is 13.1. The molecule has 2 aliphatic rings. The van der Waals surface area contributed by atoms with Gasteiger partial charge in [0.25, 0.3) is 5.60 Å². The van der Waals surface area contributed by atoms with Gasteiger partial charge in [-0.1, -0.05) is 12.1 Å². The van der Waals surface area contributed by atoms with Crippen LogP contribution in [0.1, 0.15) is 24.8 Å². The summed E-state index contributed by atoms with van der Waals surface area (Å²) in [7, 11) is 0. The number of hydrogen-bond acceptors (Lipinski definition) is 5. The van der Waals surface area contributed by atoms with Crippen LogP contribution >= 0.6 is 0 Å². The van der Waals surface area contributed by atoms with Crippen molar-refractivity contribution in [1.29, 1.82) is 0 Å². The summed E-state index contributed by atoms with van der Waals surface area (Å²) < 4.78 is 84.1. The second-order valence-electron chi connectivity index (χ2n) is 8.28. The van der Waals surface area contributed by atoms with Gasteiger partial charge in [0.05, 0.1) is 0 Å². The summed E-state index contributed by atoms with van der Waals surface area (Å²) in [5, 5.41) is 22.8. The lowest BCUT2D eigenvalue weighted by atomic mass is 9.75. The zero-order chi connectivity index (χ0) is 22.9. The molecule has 0 bridgehead atoms. The first-order valence-electron chi connectivity index (χ1n) is 10.1. The molecule has 2 fully saturated rings. The number of aliphatic hydroxyl groups is 2. The minimum absolute atomic E-state index is 0.0240. The van der Waals surface area contributed by atoms with E-state index in [2.05, 4.69) is 5.32 Å². The molecule has 176 valence electrons. The molecule has 0 spiro atoms. The number of hydrogen-bond donors (Lipinski definition) is 3. The van der Waals surface area contributed by atoms with E-state index in [0.717, 1.165) is 0 Å². The summed E-state index contributed by atoms with van der Waals surface area (Å²) >= 11 is 0. The predicted octanol–water partition coefficient (Wildman–Crippen LogP) is 2.96. The fourth-order valence-corrected chi connectivity index (χ4v) is 4.40. The van der Waals surface area contributed by atoms with Crippen LogP contribution in [0.5, 0.6) is 0 Å².